The van der Waals surface area contributed by atoms with E-state index < -0.39 is 35.6 Å². The molecule has 0 saturated carbocycles. The third-order valence-electron chi connectivity index (χ3n) is 5.47. The van der Waals surface area contributed by atoms with Gasteiger partial charge in [0.15, 0.2) is 0 Å². The third kappa shape index (κ3) is 9.19. The molecule has 0 aliphatic carbocycles. The number of carbonyl (C=O) groups is 3. The molecule has 0 saturated heterocycles. The summed E-state index contributed by atoms with van der Waals surface area (Å²) in [6, 6.07) is 15.0. The van der Waals surface area contributed by atoms with E-state index in [1.165, 1.54) is 12.1 Å². The predicted molar refractivity (Wildman–Crippen MR) is 142 cm³/mol. The quantitative estimate of drug-likeness (QED) is 0.328. The van der Waals surface area contributed by atoms with E-state index in [9.17, 15) is 19.5 Å². The molecular formula is C29H37N3O5. The van der Waals surface area contributed by atoms with Crippen molar-refractivity contribution >= 4 is 17.9 Å². The Labute approximate surface area is 219 Å². The molecular weight excluding hydrogens is 470 g/mol. The molecule has 37 heavy (non-hydrogen) atoms. The number of amides is 3. The minimum absolute atomic E-state index is 0.0614. The fourth-order valence-corrected chi connectivity index (χ4v) is 3.83. The first-order chi connectivity index (χ1) is 17.4. The van der Waals surface area contributed by atoms with Gasteiger partial charge in [-0.2, -0.15) is 0 Å². The standard InChI is InChI=1S/C29H37N3O5/c1-7-12-20(3)30-26(34)25(22-13-10-9-11-14-22)32(8-2)27(35)24(31-28(36)37-29(4,5)6)19-21-15-17-23(33)18-16-21/h2,9-11,13-18,20,24-25,33H,7,12,19H2,1,3-6H3,(H,30,34)(H,31,36). The van der Waals surface area contributed by atoms with Crippen molar-refractivity contribution in [3.05, 3.63) is 65.7 Å². The number of alkyl carbamates (subject to hydrolysis) is 1. The molecule has 8 nitrogen and oxygen atoms in total. The van der Waals surface area contributed by atoms with Crippen LogP contribution < -0.4 is 10.6 Å². The number of rotatable bonds is 10. The van der Waals surface area contributed by atoms with Crippen LogP contribution in [0.25, 0.3) is 0 Å². The number of nitrogens with zero attached hydrogens (tertiary/aromatic N) is 1. The number of nitrogens with one attached hydrogen (secondary N) is 2. The van der Waals surface area contributed by atoms with Crippen molar-refractivity contribution in [2.75, 3.05) is 0 Å². The Morgan fingerprint density at radius 2 is 1.68 bits per heavy atom. The number of aromatic hydroxyl groups is 1. The third-order valence-corrected chi connectivity index (χ3v) is 5.47. The van der Waals surface area contributed by atoms with E-state index in [4.69, 9.17) is 11.2 Å². The molecule has 198 valence electrons. The van der Waals surface area contributed by atoms with E-state index in [1.54, 1.807) is 63.2 Å². The Kier molecular flexibility index (Phi) is 10.6. The fourth-order valence-electron chi connectivity index (χ4n) is 3.83. The van der Waals surface area contributed by atoms with Crippen LogP contribution in [0.3, 0.4) is 0 Å². The fraction of sp³-hybridized carbons (Fsp3) is 0.414. The summed E-state index contributed by atoms with van der Waals surface area (Å²) in [6.45, 7) is 9.05. The van der Waals surface area contributed by atoms with Gasteiger partial charge in [-0.25, -0.2) is 4.79 Å². The van der Waals surface area contributed by atoms with Crippen molar-refractivity contribution in [3.63, 3.8) is 0 Å². The second-order valence-corrected chi connectivity index (χ2v) is 9.92. The topological polar surface area (TPSA) is 108 Å². The van der Waals surface area contributed by atoms with Crippen LogP contribution in [0.4, 0.5) is 4.79 Å². The average molecular weight is 508 g/mol. The molecule has 2 aromatic carbocycles. The molecule has 0 aliphatic heterocycles. The summed E-state index contributed by atoms with van der Waals surface area (Å²) in [5.74, 6) is -0.994. The molecule has 2 aromatic rings. The molecule has 3 unspecified atom stereocenters. The number of carbonyl (C=O) groups excluding carboxylic acids is 3. The Bertz CT molecular complexity index is 1090. The zero-order chi connectivity index (χ0) is 27.6. The molecule has 3 N–H and O–H groups in total. The highest BCUT2D eigenvalue weighted by Gasteiger charge is 2.36. The highest BCUT2D eigenvalue weighted by atomic mass is 16.6. The Hall–Kier alpha value is -3.99. The lowest BCUT2D eigenvalue weighted by Gasteiger charge is -2.31. The molecule has 0 fully saturated rings. The second kappa shape index (κ2) is 13.4. The first-order valence-corrected chi connectivity index (χ1v) is 12.4. The molecule has 0 aliphatic rings. The highest BCUT2D eigenvalue weighted by molar-refractivity contribution is 5.93. The van der Waals surface area contributed by atoms with Gasteiger partial charge in [0, 0.05) is 18.5 Å². The number of benzene rings is 2. The number of hydrogen-bond acceptors (Lipinski definition) is 5. The maximum Gasteiger partial charge on any atom is 0.408 e. The van der Waals surface area contributed by atoms with E-state index in [0.29, 0.717) is 11.1 Å². The van der Waals surface area contributed by atoms with Crippen molar-refractivity contribution < 1.29 is 24.2 Å². The highest BCUT2D eigenvalue weighted by Crippen LogP contribution is 2.23. The SMILES string of the molecule is C#CN(C(=O)C(Cc1ccc(O)cc1)NC(=O)OC(C)(C)C)C(C(=O)NC(C)CCC)c1ccccc1. The maximum absolute atomic E-state index is 13.9. The summed E-state index contributed by atoms with van der Waals surface area (Å²) >= 11 is 0. The van der Waals surface area contributed by atoms with E-state index >= 15 is 0 Å². The van der Waals surface area contributed by atoms with Crippen LogP contribution >= 0.6 is 0 Å². The molecule has 3 amide bonds. The molecule has 2 rings (SSSR count). The number of hydrogen-bond donors (Lipinski definition) is 3. The molecule has 0 spiro atoms. The Morgan fingerprint density at radius 3 is 2.22 bits per heavy atom. The zero-order valence-electron chi connectivity index (χ0n) is 22.2. The summed E-state index contributed by atoms with van der Waals surface area (Å²) in [6.07, 6.45) is 6.73. The number of phenols is 1. The summed E-state index contributed by atoms with van der Waals surface area (Å²) < 4.78 is 5.37. The van der Waals surface area contributed by atoms with Gasteiger partial charge in [-0.1, -0.05) is 62.2 Å². The summed E-state index contributed by atoms with van der Waals surface area (Å²) in [4.78, 5) is 40.9. The van der Waals surface area contributed by atoms with Crippen LogP contribution in [0.5, 0.6) is 5.75 Å². The molecule has 0 heterocycles. The molecule has 8 heteroatoms. The summed E-state index contributed by atoms with van der Waals surface area (Å²) in [5, 5.41) is 15.2. The summed E-state index contributed by atoms with van der Waals surface area (Å²) in [7, 11) is 0. The second-order valence-electron chi connectivity index (χ2n) is 9.92. The van der Waals surface area contributed by atoms with E-state index in [2.05, 4.69) is 16.7 Å². The van der Waals surface area contributed by atoms with Crippen molar-refractivity contribution in [2.45, 2.75) is 77.6 Å². The molecule has 0 bridgehead atoms. The van der Waals surface area contributed by atoms with Crippen LogP contribution in [0, 0.1) is 12.5 Å². The van der Waals surface area contributed by atoms with Gasteiger partial charge in [0.1, 0.15) is 23.4 Å². The Morgan fingerprint density at radius 1 is 1.05 bits per heavy atom. The smallest absolute Gasteiger partial charge is 0.408 e. The van der Waals surface area contributed by atoms with Gasteiger partial charge in [-0.15, -0.1) is 0 Å². The van der Waals surface area contributed by atoms with Gasteiger partial charge in [0.25, 0.3) is 5.91 Å². The van der Waals surface area contributed by atoms with Gasteiger partial charge in [0.05, 0.1) is 0 Å². The lowest BCUT2D eigenvalue weighted by atomic mass is 10.0. The van der Waals surface area contributed by atoms with Gasteiger partial charge >= 0.3 is 6.09 Å². The minimum Gasteiger partial charge on any atom is -0.508 e. The van der Waals surface area contributed by atoms with E-state index in [-0.39, 0.29) is 18.2 Å². The van der Waals surface area contributed by atoms with Crippen LogP contribution in [-0.4, -0.2) is 45.6 Å². The van der Waals surface area contributed by atoms with Crippen LogP contribution in [0.2, 0.25) is 0 Å². The summed E-state index contributed by atoms with van der Waals surface area (Å²) in [5.41, 5.74) is 0.418. The number of phenolic OH excluding ortho intramolecular Hbond substituents is 1. The lowest BCUT2D eigenvalue weighted by molar-refractivity contribution is -0.138. The monoisotopic (exact) mass is 507 g/mol. The van der Waals surface area contributed by atoms with E-state index in [1.807, 2.05) is 13.8 Å². The first-order valence-electron chi connectivity index (χ1n) is 12.4. The minimum atomic E-state index is -1.14. The van der Waals surface area contributed by atoms with Crippen LogP contribution in [0.1, 0.15) is 64.6 Å². The van der Waals surface area contributed by atoms with Crippen molar-refractivity contribution in [3.8, 4) is 18.2 Å². The zero-order valence-corrected chi connectivity index (χ0v) is 22.2. The average Bonchev–Trinajstić information content (AvgIpc) is 2.82. The number of ether oxygens (including phenoxy) is 1. The largest absolute Gasteiger partial charge is 0.508 e. The molecule has 3 atom stereocenters. The predicted octanol–water partition coefficient (Wildman–Crippen LogP) is 4.29. The van der Waals surface area contributed by atoms with Gasteiger partial charge in [-0.05, 0) is 57.4 Å². The molecule has 0 radical (unpaired) electrons. The van der Waals surface area contributed by atoms with Crippen molar-refractivity contribution in [1.82, 2.24) is 15.5 Å². The number of terminal acetylenes is 1. The lowest BCUT2D eigenvalue weighted by Crippen LogP contribution is -2.52. The molecule has 0 aromatic heterocycles. The van der Waals surface area contributed by atoms with Crippen LogP contribution in [-0.2, 0) is 20.7 Å². The van der Waals surface area contributed by atoms with Crippen molar-refractivity contribution in [2.24, 2.45) is 0 Å². The van der Waals surface area contributed by atoms with Gasteiger partial charge in [-0.3, -0.25) is 14.5 Å². The van der Waals surface area contributed by atoms with Crippen LogP contribution in [0.15, 0.2) is 54.6 Å². The first kappa shape index (κ1) is 29.2. The van der Waals surface area contributed by atoms with Gasteiger partial charge < -0.3 is 20.5 Å². The Balaban J connectivity index is 2.44. The van der Waals surface area contributed by atoms with Gasteiger partial charge in [0.2, 0.25) is 5.91 Å². The normalized spacial score (nSPS) is 13.4. The van der Waals surface area contributed by atoms with E-state index in [0.717, 1.165) is 17.7 Å². The maximum atomic E-state index is 13.9. The van der Waals surface area contributed by atoms with Crippen molar-refractivity contribution in [1.29, 1.82) is 0 Å².